The van der Waals surface area contributed by atoms with Gasteiger partial charge < -0.3 is 19.4 Å². The number of rotatable bonds is 12. The summed E-state index contributed by atoms with van der Waals surface area (Å²) in [6.07, 6.45) is -9.85. The Balaban J connectivity index is 1.07. The van der Waals surface area contributed by atoms with Gasteiger partial charge >= 0.3 is 12.4 Å². The Morgan fingerprint density at radius 1 is 0.571 bits per heavy atom. The van der Waals surface area contributed by atoms with E-state index in [0.717, 1.165) is 0 Å². The van der Waals surface area contributed by atoms with Crippen LogP contribution in [-0.4, -0.2) is 87.6 Å². The molecule has 5 heterocycles. The van der Waals surface area contributed by atoms with Gasteiger partial charge in [-0.1, -0.05) is 121 Å². The first kappa shape index (κ1) is 45.6. The number of carbonyl (C=O) groups is 4. The number of para-hydroxylation sites is 2. The molecule has 13 nitrogen and oxygen atoms in total. The van der Waals surface area contributed by atoms with E-state index < -0.39 is 70.4 Å². The zero-order chi connectivity index (χ0) is 49.1. The molecule has 5 aromatic carbocycles. The highest BCUT2D eigenvalue weighted by atomic mass is 35.5. The minimum absolute atomic E-state index is 0.0259. The van der Waals surface area contributed by atoms with Gasteiger partial charge in [0.15, 0.2) is 16.9 Å². The summed E-state index contributed by atoms with van der Waals surface area (Å²) in [6, 6.07) is 35.2. The molecule has 1 N–H and O–H groups in total. The Morgan fingerprint density at radius 2 is 0.971 bits per heavy atom. The van der Waals surface area contributed by atoms with Gasteiger partial charge in [-0.2, -0.15) is 26.3 Å². The second kappa shape index (κ2) is 17.7. The quantitative estimate of drug-likeness (QED) is 0.0552. The second-order valence-corrected chi connectivity index (χ2v) is 16.7. The van der Waals surface area contributed by atoms with Gasteiger partial charge in [0.05, 0.1) is 33.2 Å². The van der Waals surface area contributed by atoms with E-state index in [1.165, 1.54) is 38.3 Å². The smallest absolute Gasteiger partial charge is 0.336 e. The molecular formula is C50H34ClF6N9O4. The number of halogens is 7. The average molecular weight is 974 g/mol. The monoisotopic (exact) mass is 973 g/mol. The maximum absolute atomic E-state index is 14.8. The molecule has 1 unspecified atom stereocenters. The van der Waals surface area contributed by atoms with Gasteiger partial charge in [-0.3, -0.25) is 24.1 Å². The summed E-state index contributed by atoms with van der Waals surface area (Å²) in [6.45, 7) is -1.89. The zero-order valence-corrected chi connectivity index (χ0v) is 36.9. The van der Waals surface area contributed by atoms with E-state index >= 15 is 0 Å². The Morgan fingerprint density at radius 3 is 1.40 bits per heavy atom. The van der Waals surface area contributed by atoms with Crippen LogP contribution in [0.5, 0.6) is 0 Å². The third-order valence-electron chi connectivity index (χ3n) is 12.0. The van der Waals surface area contributed by atoms with Crippen molar-refractivity contribution in [3.8, 4) is 22.8 Å². The van der Waals surface area contributed by atoms with E-state index in [2.05, 4.69) is 25.3 Å². The molecule has 4 amide bonds. The minimum Gasteiger partial charge on any atom is -0.336 e. The number of hydrogen-bond acceptors (Lipinski definition) is 8. The number of amides is 4. The van der Waals surface area contributed by atoms with E-state index in [-0.39, 0.29) is 71.0 Å². The Kier molecular flexibility index (Phi) is 11.5. The SMILES string of the molecule is O=C(CN1C(=O)c2ccccc2C1=O)NC(Cl)C(=O)N(CCn1c(-c2ccccc2)nc2c(C(F)(F)F)nc3ccccc3c21)CCn1c(-c2ccccc2)nc2c(C(F)(F)F)nc3ccccc3c21. The molecule has 0 saturated heterocycles. The average Bonchev–Trinajstić information content (AvgIpc) is 4.00. The predicted molar refractivity (Wildman–Crippen MR) is 247 cm³/mol. The van der Waals surface area contributed by atoms with Gasteiger partial charge in [0.2, 0.25) is 5.91 Å². The van der Waals surface area contributed by atoms with E-state index in [0.29, 0.717) is 26.8 Å². The lowest BCUT2D eigenvalue weighted by Crippen LogP contribution is -2.50. The van der Waals surface area contributed by atoms with Crippen LogP contribution in [-0.2, 0) is 35.0 Å². The molecular weight excluding hydrogens is 940 g/mol. The van der Waals surface area contributed by atoms with Gasteiger partial charge in [0.25, 0.3) is 17.7 Å². The molecule has 1 atom stereocenters. The third kappa shape index (κ3) is 8.20. The van der Waals surface area contributed by atoms with Crippen LogP contribution in [0, 0.1) is 0 Å². The number of nitrogens with one attached hydrogen (secondary N) is 1. The van der Waals surface area contributed by atoms with E-state index in [1.54, 1.807) is 109 Å². The summed E-state index contributed by atoms with van der Waals surface area (Å²) in [5.74, 6) is -3.15. The van der Waals surface area contributed by atoms with Gasteiger partial charge in [-0.15, -0.1) is 0 Å². The second-order valence-electron chi connectivity index (χ2n) is 16.2. The molecule has 0 bridgehead atoms. The van der Waals surface area contributed by atoms with Crippen LogP contribution in [0.1, 0.15) is 32.1 Å². The highest BCUT2D eigenvalue weighted by Crippen LogP contribution is 2.40. The molecule has 4 aromatic heterocycles. The van der Waals surface area contributed by atoms with Crippen LogP contribution < -0.4 is 5.32 Å². The molecule has 1 aliphatic rings. The number of imide groups is 1. The first-order chi connectivity index (χ1) is 33.6. The fourth-order valence-electron chi connectivity index (χ4n) is 8.83. The summed E-state index contributed by atoms with van der Waals surface area (Å²) in [5.41, 5.74) is -3.99. The molecule has 352 valence electrons. The molecule has 70 heavy (non-hydrogen) atoms. The number of benzene rings is 5. The van der Waals surface area contributed by atoms with Crippen molar-refractivity contribution in [2.75, 3.05) is 19.6 Å². The lowest BCUT2D eigenvalue weighted by Gasteiger charge is -2.27. The number of imidazole rings is 2. The van der Waals surface area contributed by atoms with Crippen LogP contribution in [0.25, 0.3) is 66.6 Å². The predicted octanol–water partition coefficient (Wildman–Crippen LogP) is 9.36. The van der Waals surface area contributed by atoms with Crippen LogP contribution in [0.4, 0.5) is 26.3 Å². The Hall–Kier alpha value is -8.19. The molecule has 0 aliphatic carbocycles. The van der Waals surface area contributed by atoms with Crippen molar-refractivity contribution < 1.29 is 45.5 Å². The normalized spacial score (nSPS) is 13.4. The first-order valence-corrected chi connectivity index (χ1v) is 22.0. The van der Waals surface area contributed by atoms with Crippen molar-refractivity contribution in [3.05, 3.63) is 156 Å². The number of pyridine rings is 2. The highest BCUT2D eigenvalue weighted by molar-refractivity contribution is 6.31. The van der Waals surface area contributed by atoms with Gasteiger partial charge in [0, 0.05) is 48.1 Å². The minimum atomic E-state index is -4.93. The summed E-state index contributed by atoms with van der Waals surface area (Å²) in [5, 5.41) is 3.01. The number of alkyl halides is 7. The topological polar surface area (TPSA) is 148 Å². The fourth-order valence-corrected chi connectivity index (χ4v) is 9.09. The number of aromatic nitrogens is 6. The molecule has 0 radical (unpaired) electrons. The fraction of sp³-hybridized carbons (Fsp3) is 0.160. The van der Waals surface area contributed by atoms with E-state index in [4.69, 9.17) is 11.6 Å². The van der Waals surface area contributed by atoms with Crippen molar-refractivity contribution in [2.24, 2.45) is 0 Å². The number of carbonyl (C=O) groups excluding carboxylic acids is 4. The van der Waals surface area contributed by atoms with E-state index in [9.17, 15) is 45.5 Å². The Bertz CT molecular complexity index is 3350. The van der Waals surface area contributed by atoms with Crippen LogP contribution in [0.3, 0.4) is 0 Å². The first-order valence-electron chi connectivity index (χ1n) is 21.6. The van der Waals surface area contributed by atoms with E-state index in [1.807, 2.05) is 0 Å². The summed E-state index contributed by atoms with van der Waals surface area (Å²) in [7, 11) is 0. The number of fused-ring (bicyclic) bond motifs is 7. The molecule has 20 heteroatoms. The van der Waals surface area contributed by atoms with Crippen molar-refractivity contribution >= 4 is 79.1 Å². The lowest BCUT2D eigenvalue weighted by molar-refractivity contribution is -0.140. The van der Waals surface area contributed by atoms with Crippen LogP contribution in [0.15, 0.2) is 133 Å². The highest BCUT2D eigenvalue weighted by Gasteiger charge is 2.40. The zero-order valence-electron chi connectivity index (χ0n) is 36.2. The van der Waals surface area contributed by atoms with Crippen molar-refractivity contribution in [1.29, 1.82) is 0 Å². The maximum Gasteiger partial charge on any atom is 0.435 e. The van der Waals surface area contributed by atoms with Gasteiger partial charge in [0.1, 0.15) is 29.2 Å². The number of hydrogen-bond donors (Lipinski definition) is 1. The van der Waals surface area contributed by atoms with Crippen molar-refractivity contribution in [1.82, 2.24) is 44.2 Å². The summed E-state index contributed by atoms with van der Waals surface area (Å²) >= 11 is 6.72. The third-order valence-corrected chi connectivity index (χ3v) is 12.2. The van der Waals surface area contributed by atoms with Crippen LogP contribution >= 0.6 is 11.6 Å². The largest absolute Gasteiger partial charge is 0.435 e. The Labute approximate surface area is 396 Å². The molecule has 0 spiro atoms. The van der Waals surface area contributed by atoms with Crippen molar-refractivity contribution in [2.45, 2.75) is 30.9 Å². The standard InChI is InChI=1S/C50H34ClF6N9O4/c51-43(60-36(67)27-66-46(68)30-17-7-8-18-31(30)47(66)69)48(70)63(23-25-64-39-32-19-9-11-21-34(32)58-41(49(52,53)54)37(39)61-44(64)28-13-3-1-4-14-28)24-26-65-40-33-20-10-12-22-35(33)59-42(50(55,56)57)38(40)62-45(65)29-15-5-2-6-16-29/h1-22,43H,23-27H2,(H,60,67). The molecule has 10 rings (SSSR count). The molecule has 1 aliphatic heterocycles. The van der Waals surface area contributed by atoms with Gasteiger partial charge in [-0.25, -0.2) is 19.9 Å². The molecule has 9 aromatic rings. The van der Waals surface area contributed by atoms with Crippen molar-refractivity contribution in [3.63, 3.8) is 0 Å². The van der Waals surface area contributed by atoms with Crippen LogP contribution in [0.2, 0.25) is 0 Å². The number of nitrogens with zero attached hydrogens (tertiary/aromatic N) is 8. The maximum atomic E-state index is 14.8. The molecule has 0 fully saturated rings. The van der Waals surface area contributed by atoms with Gasteiger partial charge in [-0.05, 0) is 24.3 Å². The lowest BCUT2D eigenvalue weighted by atomic mass is 10.1. The summed E-state index contributed by atoms with van der Waals surface area (Å²) in [4.78, 5) is 73.3. The molecule has 0 saturated carbocycles. The summed E-state index contributed by atoms with van der Waals surface area (Å²) < 4.78 is 91.9.